The van der Waals surface area contributed by atoms with Crippen LogP contribution in [0.5, 0.6) is 0 Å². The smallest absolute Gasteiger partial charge is 0.0211 e. The van der Waals surface area contributed by atoms with Gasteiger partial charge >= 0.3 is 0 Å². The minimum atomic E-state index is 1.31. The highest BCUT2D eigenvalue weighted by molar-refractivity contribution is 14.1. The molecule has 0 radical (unpaired) electrons. The van der Waals surface area contributed by atoms with Crippen LogP contribution in [0.15, 0.2) is 54.6 Å². The molecule has 0 atom stereocenters. The fourth-order valence-corrected chi connectivity index (χ4v) is 3.52. The number of fused-ring (bicyclic) bond motifs is 1. The SMILES string of the molecule is Cc1cc2ccccc2cc1-c1c(C)cccc1I. The molecule has 0 heterocycles. The van der Waals surface area contributed by atoms with Crippen LogP contribution in [-0.4, -0.2) is 0 Å². The summed E-state index contributed by atoms with van der Waals surface area (Å²) in [6.45, 7) is 4.39. The molecule has 0 unspecified atom stereocenters. The van der Waals surface area contributed by atoms with Crippen molar-refractivity contribution in [3.05, 3.63) is 69.3 Å². The first kappa shape index (κ1) is 12.7. The van der Waals surface area contributed by atoms with E-state index in [0.717, 1.165) is 0 Å². The van der Waals surface area contributed by atoms with Crippen LogP contribution in [0.4, 0.5) is 0 Å². The van der Waals surface area contributed by atoms with E-state index in [0.29, 0.717) is 0 Å². The highest BCUT2D eigenvalue weighted by atomic mass is 127. The molecule has 3 rings (SSSR count). The summed E-state index contributed by atoms with van der Waals surface area (Å²) in [5, 5.41) is 2.62. The normalized spacial score (nSPS) is 10.9. The van der Waals surface area contributed by atoms with Gasteiger partial charge in [0, 0.05) is 3.57 Å². The van der Waals surface area contributed by atoms with Gasteiger partial charge in [0.05, 0.1) is 0 Å². The number of rotatable bonds is 1. The van der Waals surface area contributed by atoms with Gasteiger partial charge in [0.15, 0.2) is 0 Å². The highest BCUT2D eigenvalue weighted by Gasteiger charge is 2.09. The Labute approximate surface area is 127 Å². The van der Waals surface area contributed by atoms with Crippen molar-refractivity contribution in [2.45, 2.75) is 13.8 Å². The van der Waals surface area contributed by atoms with E-state index < -0.39 is 0 Å². The zero-order chi connectivity index (χ0) is 13.4. The molecule has 0 saturated carbocycles. The summed E-state index contributed by atoms with van der Waals surface area (Å²) >= 11 is 2.43. The largest absolute Gasteiger partial charge is 0.0616 e. The van der Waals surface area contributed by atoms with E-state index in [9.17, 15) is 0 Å². The van der Waals surface area contributed by atoms with Crippen LogP contribution in [0.2, 0.25) is 0 Å². The lowest BCUT2D eigenvalue weighted by Crippen LogP contribution is -1.91. The summed E-state index contributed by atoms with van der Waals surface area (Å²) in [6.07, 6.45) is 0. The summed E-state index contributed by atoms with van der Waals surface area (Å²) in [5.41, 5.74) is 5.39. The number of aryl methyl sites for hydroxylation is 2. The predicted octanol–water partition coefficient (Wildman–Crippen LogP) is 5.73. The van der Waals surface area contributed by atoms with Gasteiger partial charge in [0.1, 0.15) is 0 Å². The lowest BCUT2D eigenvalue weighted by atomic mass is 9.94. The maximum atomic E-state index is 2.43. The van der Waals surface area contributed by atoms with E-state index in [-0.39, 0.29) is 0 Å². The van der Waals surface area contributed by atoms with Crippen LogP contribution in [-0.2, 0) is 0 Å². The summed E-state index contributed by atoms with van der Waals surface area (Å²) in [5.74, 6) is 0. The van der Waals surface area contributed by atoms with Gasteiger partial charge in [-0.15, -0.1) is 0 Å². The molecule has 3 aromatic rings. The van der Waals surface area contributed by atoms with Crippen LogP contribution in [0.1, 0.15) is 11.1 Å². The Balaban J connectivity index is 2.33. The first-order valence-electron chi connectivity index (χ1n) is 6.42. The third kappa shape index (κ3) is 2.27. The summed E-state index contributed by atoms with van der Waals surface area (Å²) in [4.78, 5) is 0. The second-order valence-corrected chi connectivity index (χ2v) is 6.11. The second-order valence-electron chi connectivity index (χ2n) is 4.95. The Hall–Kier alpha value is -1.35. The van der Waals surface area contributed by atoms with Crippen LogP contribution in [0.3, 0.4) is 0 Å². The first-order chi connectivity index (χ1) is 9.16. The average Bonchev–Trinajstić information content (AvgIpc) is 2.39. The molecule has 94 valence electrons. The van der Waals surface area contributed by atoms with Gasteiger partial charge in [-0.05, 0) is 81.6 Å². The Morgan fingerprint density at radius 3 is 2.11 bits per heavy atom. The molecule has 0 amide bonds. The zero-order valence-corrected chi connectivity index (χ0v) is 13.2. The maximum Gasteiger partial charge on any atom is 0.0211 e. The third-order valence-corrected chi connectivity index (χ3v) is 4.48. The van der Waals surface area contributed by atoms with Gasteiger partial charge < -0.3 is 0 Å². The first-order valence-corrected chi connectivity index (χ1v) is 7.49. The second kappa shape index (κ2) is 4.97. The van der Waals surface area contributed by atoms with E-state index >= 15 is 0 Å². The third-order valence-electron chi connectivity index (χ3n) is 3.58. The Bertz CT molecular complexity index is 736. The topological polar surface area (TPSA) is 0 Å². The van der Waals surface area contributed by atoms with Crippen molar-refractivity contribution in [1.29, 1.82) is 0 Å². The highest BCUT2D eigenvalue weighted by Crippen LogP contribution is 2.33. The van der Waals surface area contributed by atoms with Gasteiger partial charge in [-0.2, -0.15) is 0 Å². The van der Waals surface area contributed by atoms with Crippen LogP contribution in [0.25, 0.3) is 21.9 Å². The number of benzene rings is 3. The minimum absolute atomic E-state index is 1.31. The molecule has 0 N–H and O–H groups in total. The molecule has 0 saturated heterocycles. The molecular formula is C18H15I. The summed E-state index contributed by atoms with van der Waals surface area (Å²) in [6, 6.07) is 19.6. The fourth-order valence-electron chi connectivity index (χ4n) is 2.60. The lowest BCUT2D eigenvalue weighted by molar-refractivity contribution is 1.40. The number of hydrogen-bond acceptors (Lipinski definition) is 0. The van der Waals surface area contributed by atoms with Gasteiger partial charge in [0.2, 0.25) is 0 Å². The average molecular weight is 358 g/mol. The molecular weight excluding hydrogens is 343 g/mol. The molecule has 0 aromatic heterocycles. The monoisotopic (exact) mass is 358 g/mol. The lowest BCUT2D eigenvalue weighted by Gasteiger charge is -2.13. The quantitative estimate of drug-likeness (QED) is 0.488. The van der Waals surface area contributed by atoms with Gasteiger partial charge in [-0.1, -0.05) is 42.5 Å². The van der Waals surface area contributed by atoms with Gasteiger partial charge in [0.25, 0.3) is 0 Å². The Morgan fingerprint density at radius 1 is 0.737 bits per heavy atom. The van der Waals surface area contributed by atoms with Gasteiger partial charge in [-0.3, -0.25) is 0 Å². The predicted molar refractivity (Wildman–Crippen MR) is 91.6 cm³/mol. The molecule has 0 aliphatic rings. The molecule has 0 bridgehead atoms. The van der Waals surface area contributed by atoms with Crippen molar-refractivity contribution >= 4 is 33.4 Å². The molecule has 0 aliphatic heterocycles. The maximum absolute atomic E-state index is 2.43. The van der Waals surface area contributed by atoms with Crippen molar-refractivity contribution < 1.29 is 0 Å². The number of halogens is 1. The molecule has 0 spiro atoms. The molecule has 0 aliphatic carbocycles. The van der Waals surface area contributed by atoms with Crippen LogP contribution >= 0.6 is 22.6 Å². The molecule has 19 heavy (non-hydrogen) atoms. The van der Waals surface area contributed by atoms with E-state index in [1.54, 1.807) is 0 Å². The van der Waals surface area contributed by atoms with Crippen molar-refractivity contribution in [1.82, 2.24) is 0 Å². The van der Waals surface area contributed by atoms with Crippen molar-refractivity contribution in [2.24, 2.45) is 0 Å². The van der Waals surface area contributed by atoms with E-state index in [1.165, 1.54) is 36.6 Å². The molecule has 0 nitrogen and oxygen atoms in total. The Kier molecular flexibility index (Phi) is 3.31. The fraction of sp³-hybridized carbons (Fsp3) is 0.111. The Morgan fingerprint density at radius 2 is 1.42 bits per heavy atom. The molecule has 3 aromatic carbocycles. The van der Waals surface area contributed by atoms with Crippen molar-refractivity contribution in [3.8, 4) is 11.1 Å². The van der Waals surface area contributed by atoms with E-state index in [1.807, 2.05) is 0 Å². The summed E-state index contributed by atoms with van der Waals surface area (Å²) in [7, 11) is 0. The van der Waals surface area contributed by atoms with Crippen LogP contribution < -0.4 is 0 Å². The van der Waals surface area contributed by atoms with Gasteiger partial charge in [-0.25, -0.2) is 0 Å². The van der Waals surface area contributed by atoms with E-state index in [4.69, 9.17) is 0 Å². The van der Waals surface area contributed by atoms with E-state index in [2.05, 4.69) is 91.0 Å². The number of hydrogen-bond donors (Lipinski definition) is 0. The van der Waals surface area contributed by atoms with Crippen LogP contribution in [0, 0.1) is 17.4 Å². The molecule has 1 heteroatoms. The standard InChI is InChI=1S/C18H15I/c1-12-6-5-9-17(19)18(12)16-11-15-8-4-3-7-14(15)10-13(16)2/h3-11H,1-2H3. The van der Waals surface area contributed by atoms with Crippen molar-refractivity contribution in [2.75, 3.05) is 0 Å². The zero-order valence-electron chi connectivity index (χ0n) is 11.1. The minimum Gasteiger partial charge on any atom is -0.0616 e. The van der Waals surface area contributed by atoms with Crippen molar-refractivity contribution in [3.63, 3.8) is 0 Å². The summed E-state index contributed by atoms with van der Waals surface area (Å²) < 4.78 is 1.32. The molecule has 0 fully saturated rings.